The first kappa shape index (κ1) is 12.6. The van der Waals surface area contributed by atoms with E-state index in [1.165, 1.54) is 0 Å². The SMILES string of the molecule is CC(C)(C)[Si](C)(C)OC1CC(=O)C=C1F. The molecular weight excluding hydrogens is 211 g/mol. The summed E-state index contributed by atoms with van der Waals surface area (Å²) in [4.78, 5) is 11.0. The molecule has 0 saturated heterocycles. The summed E-state index contributed by atoms with van der Waals surface area (Å²) in [5.41, 5.74) is 0. The lowest BCUT2D eigenvalue weighted by Crippen LogP contribution is -2.43. The maximum Gasteiger partial charge on any atom is 0.193 e. The Hall–Kier alpha value is -0.483. The summed E-state index contributed by atoms with van der Waals surface area (Å²) >= 11 is 0. The number of allylic oxidation sites excluding steroid dienone is 1. The highest BCUT2D eigenvalue weighted by atomic mass is 28.4. The average Bonchev–Trinajstić information content (AvgIpc) is 2.26. The van der Waals surface area contributed by atoms with E-state index in [-0.39, 0.29) is 17.2 Å². The second-order valence-corrected chi connectivity index (χ2v) is 10.3. The lowest BCUT2D eigenvalue weighted by atomic mass is 10.2. The van der Waals surface area contributed by atoms with Gasteiger partial charge in [0.05, 0.1) is 0 Å². The number of ketones is 1. The fourth-order valence-corrected chi connectivity index (χ4v) is 2.48. The highest BCUT2D eigenvalue weighted by Gasteiger charge is 2.41. The van der Waals surface area contributed by atoms with Crippen molar-refractivity contribution in [1.82, 2.24) is 0 Å². The van der Waals surface area contributed by atoms with Crippen LogP contribution in [0.3, 0.4) is 0 Å². The van der Waals surface area contributed by atoms with E-state index in [2.05, 4.69) is 33.9 Å². The smallest absolute Gasteiger partial charge is 0.193 e. The molecule has 0 aromatic carbocycles. The van der Waals surface area contributed by atoms with Crippen molar-refractivity contribution in [1.29, 1.82) is 0 Å². The van der Waals surface area contributed by atoms with Crippen molar-refractivity contribution >= 4 is 14.1 Å². The minimum atomic E-state index is -1.97. The molecule has 1 unspecified atom stereocenters. The van der Waals surface area contributed by atoms with Gasteiger partial charge in [0.25, 0.3) is 0 Å². The zero-order valence-corrected chi connectivity index (χ0v) is 11.1. The predicted molar refractivity (Wildman–Crippen MR) is 60.9 cm³/mol. The molecule has 0 saturated carbocycles. The molecule has 0 aliphatic heterocycles. The summed E-state index contributed by atoms with van der Waals surface area (Å²) in [6.45, 7) is 10.4. The van der Waals surface area contributed by atoms with Crippen LogP contribution in [0.1, 0.15) is 27.2 Å². The third-order valence-electron chi connectivity index (χ3n) is 3.24. The van der Waals surface area contributed by atoms with E-state index >= 15 is 0 Å². The van der Waals surface area contributed by atoms with Crippen molar-refractivity contribution in [2.45, 2.75) is 51.4 Å². The second kappa shape index (κ2) is 3.83. The third-order valence-corrected chi connectivity index (χ3v) is 7.72. The molecule has 0 spiro atoms. The van der Waals surface area contributed by atoms with E-state index in [0.29, 0.717) is 0 Å². The van der Waals surface area contributed by atoms with Crippen LogP contribution in [0.5, 0.6) is 0 Å². The number of hydrogen-bond acceptors (Lipinski definition) is 2. The molecule has 0 aromatic rings. The fourth-order valence-electron chi connectivity index (χ4n) is 1.22. The Morgan fingerprint density at radius 3 is 2.33 bits per heavy atom. The highest BCUT2D eigenvalue weighted by molar-refractivity contribution is 6.74. The molecule has 1 aliphatic carbocycles. The van der Waals surface area contributed by atoms with E-state index in [1.54, 1.807) is 0 Å². The van der Waals surface area contributed by atoms with E-state index in [4.69, 9.17) is 4.43 Å². The summed E-state index contributed by atoms with van der Waals surface area (Å²) in [5.74, 6) is -0.582. The van der Waals surface area contributed by atoms with Crippen LogP contribution in [0.4, 0.5) is 4.39 Å². The van der Waals surface area contributed by atoms with Gasteiger partial charge in [-0.2, -0.15) is 0 Å². The monoisotopic (exact) mass is 230 g/mol. The van der Waals surface area contributed by atoms with Crippen LogP contribution in [0, 0.1) is 0 Å². The summed E-state index contributed by atoms with van der Waals surface area (Å²) in [7, 11) is -1.97. The van der Waals surface area contributed by atoms with E-state index in [1.807, 2.05) is 0 Å². The maximum absolute atomic E-state index is 13.3. The molecule has 0 amide bonds. The number of halogens is 1. The van der Waals surface area contributed by atoms with Crippen molar-refractivity contribution < 1.29 is 13.6 Å². The lowest BCUT2D eigenvalue weighted by Gasteiger charge is -2.38. The standard InChI is InChI=1S/C11H19FO2Si/c1-11(2,3)15(4,5)14-10-7-8(13)6-9(10)12/h6,10H,7H2,1-5H3. The second-order valence-electron chi connectivity index (χ2n) is 5.57. The Balaban J connectivity index is 2.72. The van der Waals surface area contributed by atoms with E-state index in [9.17, 15) is 9.18 Å². The van der Waals surface area contributed by atoms with Crippen LogP contribution in [-0.2, 0) is 9.22 Å². The molecule has 2 nitrogen and oxygen atoms in total. The molecule has 86 valence electrons. The predicted octanol–water partition coefficient (Wildman–Crippen LogP) is 3.20. The van der Waals surface area contributed by atoms with Gasteiger partial charge >= 0.3 is 0 Å². The van der Waals surface area contributed by atoms with Gasteiger partial charge in [-0.05, 0) is 18.1 Å². The summed E-state index contributed by atoms with van der Waals surface area (Å²) in [5, 5.41) is 0.0406. The molecule has 4 heteroatoms. The average molecular weight is 230 g/mol. The van der Waals surface area contributed by atoms with E-state index in [0.717, 1.165) is 6.08 Å². The topological polar surface area (TPSA) is 26.3 Å². The minimum absolute atomic E-state index is 0.0406. The Morgan fingerprint density at radius 1 is 1.47 bits per heavy atom. The zero-order valence-electron chi connectivity index (χ0n) is 10.1. The molecule has 1 rings (SSSR count). The molecule has 1 atom stereocenters. The molecule has 0 aromatic heterocycles. The van der Waals surface area contributed by atoms with E-state index < -0.39 is 20.2 Å². The van der Waals surface area contributed by atoms with Crippen LogP contribution >= 0.6 is 0 Å². The van der Waals surface area contributed by atoms with Gasteiger partial charge in [0, 0.05) is 12.5 Å². The molecule has 0 N–H and O–H groups in total. The van der Waals surface area contributed by atoms with Crippen molar-refractivity contribution in [2.24, 2.45) is 0 Å². The molecule has 0 radical (unpaired) electrons. The highest BCUT2D eigenvalue weighted by Crippen LogP contribution is 2.39. The van der Waals surface area contributed by atoms with Gasteiger partial charge in [0.2, 0.25) is 0 Å². The van der Waals surface area contributed by atoms with Crippen molar-refractivity contribution in [3.63, 3.8) is 0 Å². The maximum atomic E-state index is 13.3. The molecular formula is C11H19FO2Si. The Bertz CT molecular complexity index is 302. The first-order valence-corrected chi connectivity index (χ1v) is 8.12. The van der Waals surface area contributed by atoms with Crippen molar-refractivity contribution in [2.75, 3.05) is 0 Å². The van der Waals surface area contributed by atoms with Crippen molar-refractivity contribution in [3.05, 3.63) is 11.9 Å². The van der Waals surface area contributed by atoms with Crippen LogP contribution in [0.25, 0.3) is 0 Å². The largest absolute Gasteiger partial charge is 0.407 e. The number of rotatable bonds is 2. The fraction of sp³-hybridized carbons (Fsp3) is 0.727. The Labute approximate surface area is 91.6 Å². The Kier molecular flexibility index (Phi) is 3.21. The van der Waals surface area contributed by atoms with Gasteiger partial charge in [0.15, 0.2) is 14.1 Å². The molecule has 0 heterocycles. The van der Waals surface area contributed by atoms with Gasteiger partial charge in [-0.15, -0.1) is 0 Å². The first-order chi connectivity index (χ1) is 6.63. The van der Waals surface area contributed by atoms with Crippen LogP contribution < -0.4 is 0 Å². The summed E-state index contributed by atoms with van der Waals surface area (Å²) in [6.07, 6.45) is 0.592. The molecule has 0 bridgehead atoms. The Morgan fingerprint density at radius 2 is 2.00 bits per heavy atom. The zero-order chi connectivity index (χ0) is 11.9. The minimum Gasteiger partial charge on any atom is -0.407 e. The number of carbonyl (C=O) groups excluding carboxylic acids is 1. The third kappa shape index (κ3) is 2.75. The van der Waals surface area contributed by atoms with Crippen LogP contribution in [0.2, 0.25) is 18.1 Å². The lowest BCUT2D eigenvalue weighted by molar-refractivity contribution is -0.114. The van der Waals surface area contributed by atoms with Gasteiger partial charge in [0.1, 0.15) is 11.9 Å². The summed E-state index contributed by atoms with van der Waals surface area (Å²) in [6, 6.07) is 0. The van der Waals surface area contributed by atoms with Gasteiger partial charge in [-0.3, -0.25) is 4.79 Å². The van der Waals surface area contributed by atoms with Gasteiger partial charge in [-0.25, -0.2) is 4.39 Å². The summed E-state index contributed by atoms with van der Waals surface area (Å²) < 4.78 is 19.1. The number of carbonyl (C=O) groups is 1. The van der Waals surface area contributed by atoms with Crippen LogP contribution in [0.15, 0.2) is 11.9 Å². The van der Waals surface area contributed by atoms with Crippen molar-refractivity contribution in [3.8, 4) is 0 Å². The van der Waals surface area contributed by atoms with Gasteiger partial charge < -0.3 is 4.43 Å². The molecule has 0 fully saturated rings. The first-order valence-electron chi connectivity index (χ1n) is 5.21. The van der Waals surface area contributed by atoms with Gasteiger partial charge in [-0.1, -0.05) is 20.8 Å². The van der Waals surface area contributed by atoms with Crippen LogP contribution in [-0.4, -0.2) is 20.2 Å². The number of hydrogen-bond donors (Lipinski definition) is 0. The molecule has 15 heavy (non-hydrogen) atoms. The molecule has 1 aliphatic rings. The quantitative estimate of drug-likeness (QED) is 0.681. The normalized spacial score (nSPS) is 23.2.